The van der Waals surface area contributed by atoms with Gasteiger partial charge in [0, 0.05) is 7.05 Å². The highest BCUT2D eigenvalue weighted by molar-refractivity contribution is 7.20. The summed E-state index contributed by atoms with van der Waals surface area (Å²) in [5, 5.41) is 3.93. The minimum atomic E-state index is -0.368. The van der Waals surface area contributed by atoms with Crippen LogP contribution >= 0.6 is 22.9 Å². The van der Waals surface area contributed by atoms with Crippen LogP contribution < -0.4 is 5.32 Å². The molecule has 0 radical (unpaired) electrons. The first-order valence-electron chi connectivity index (χ1n) is 6.95. The van der Waals surface area contributed by atoms with Crippen LogP contribution in [0.1, 0.15) is 20.8 Å². The third kappa shape index (κ3) is 3.13. The highest BCUT2D eigenvalue weighted by Gasteiger charge is 2.21. The van der Waals surface area contributed by atoms with E-state index in [-0.39, 0.29) is 17.9 Å². The third-order valence-corrected chi connectivity index (χ3v) is 4.73. The number of anilines is 1. The van der Waals surface area contributed by atoms with E-state index in [4.69, 9.17) is 16.3 Å². The lowest BCUT2D eigenvalue weighted by atomic mass is 10.2. The number of hydrogen-bond donors (Lipinski definition) is 1. The highest BCUT2D eigenvalue weighted by atomic mass is 35.5. The molecule has 0 aliphatic heterocycles. The van der Waals surface area contributed by atoms with Crippen molar-refractivity contribution in [3.8, 4) is 0 Å². The molecule has 1 aromatic carbocycles. The van der Waals surface area contributed by atoms with Crippen molar-refractivity contribution in [1.82, 2.24) is 9.97 Å². The summed E-state index contributed by atoms with van der Waals surface area (Å²) >= 11 is 7.17. The van der Waals surface area contributed by atoms with E-state index in [2.05, 4.69) is 15.3 Å². The molecule has 2 heterocycles. The van der Waals surface area contributed by atoms with Crippen molar-refractivity contribution in [1.29, 1.82) is 0 Å². The predicted octanol–water partition coefficient (Wildman–Crippen LogP) is 4.05. The molecule has 7 heteroatoms. The number of halogens is 1. The van der Waals surface area contributed by atoms with Crippen LogP contribution in [0.5, 0.6) is 0 Å². The Bertz CT molecular complexity index is 865. The number of fused-ring (bicyclic) bond motifs is 1. The van der Waals surface area contributed by atoms with Crippen LogP contribution in [-0.2, 0) is 11.3 Å². The Morgan fingerprint density at radius 2 is 2.04 bits per heavy atom. The molecule has 0 fully saturated rings. The maximum atomic E-state index is 12.4. The first-order valence-corrected chi connectivity index (χ1v) is 8.15. The fourth-order valence-electron chi connectivity index (χ4n) is 2.28. The molecule has 0 saturated heterocycles. The van der Waals surface area contributed by atoms with Gasteiger partial charge in [-0.05, 0) is 29.7 Å². The molecule has 0 aliphatic rings. The first-order chi connectivity index (χ1) is 11.1. The SMILES string of the molecule is CNc1nc(Cl)nc2sc(C(=O)OCc3ccccc3)c(C)c12. The molecule has 0 unspecified atom stereocenters. The van der Waals surface area contributed by atoms with Crippen molar-refractivity contribution in [3.05, 3.63) is 51.6 Å². The lowest BCUT2D eigenvalue weighted by Crippen LogP contribution is -2.04. The molecule has 0 aliphatic carbocycles. The lowest BCUT2D eigenvalue weighted by molar-refractivity contribution is 0.0478. The van der Waals surface area contributed by atoms with Gasteiger partial charge in [-0.3, -0.25) is 0 Å². The topological polar surface area (TPSA) is 64.1 Å². The average molecular weight is 348 g/mol. The molecule has 3 rings (SSSR count). The van der Waals surface area contributed by atoms with E-state index in [1.54, 1.807) is 7.05 Å². The van der Waals surface area contributed by atoms with Crippen molar-refractivity contribution >= 4 is 44.9 Å². The number of nitrogens with one attached hydrogen (secondary N) is 1. The molecule has 0 saturated carbocycles. The van der Waals surface area contributed by atoms with Crippen molar-refractivity contribution in [2.75, 3.05) is 12.4 Å². The number of nitrogens with zero attached hydrogens (tertiary/aromatic N) is 2. The van der Waals surface area contributed by atoms with Gasteiger partial charge in [0.1, 0.15) is 22.1 Å². The number of hydrogen-bond acceptors (Lipinski definition) is 6. The molecule has 23 heavy (non-hydrogen) atoms. The van der Waals surface area contributed by atoms with E-state index < -0.39 is 0 Å². The van der Waals surface area contributed by atoms with Gasteiger partial charge in [-0.2, -0.15) is 0 Å². The summed E-state index contributed by atoms with van der Waals surface area (Å²) in [6.07, 6.45) is 0. The van der Waals surface area contributed by atoms with Crippen molar-refractivity contribution in [2.45, 2.75) is 13.5 Å². The molecule has 0 atom stereocenters. The Labute approximate surface area is 142 Å². The number of rotatable bonds is 4. The maximum absolute atomic E-state index is 12.4. The van der Waals surface area contributed by atoms with E-state index in [0.717, 1.165) is 16.5 Å². The number of aromatic nitrogens is 2. The zero-order valence-electron chi connectivity index (χ0n) is 12.6. The third-order valence-electron chi connectivity index (χ3n) is 3.40. The van der Waals surface area contributed by atoms with E-state index in [9.17, 15) is 4.79 Å². The smallest absolute Gasteiger partial charge is 0.349 e. The van der Waals surface area contributed by atoms with Crippen molar-refractivity contribution in [3.63, 3.8) is 0 Å². The van der Waals surface area contributed by atoms with Gasteiger partial charge in [0.15, 0.2) is 0 Å². The van der Waals surface area contributed by atoms with Gasteiger partial charge in [-0.25, -0.2) is 14.8 Å². The van der Waals surface area contributed by atoms with E-state index in [1.807, 2.05) is 37.3 Å². The Morgan fingerprint density at radius 3 is 2.74 bits per heavy atom. The normalized spacial score (nSPS) is 10.7. The average Bonchev–Trinajstić information content (AvgIpc) is 2.89. The van der Waals surface area contributed by atoms with Crippen LogP contribution in [0.25, 0.3) is 10.2 Å². The fourth-order valence-corrected chi connectivity index (χ4v) is 3.57. The van der Waals surface area contributed by atoms with Crippen molar-refractivity contribution < 1.29 is 9.53 Å². The largest absolute Gasteiger partial charge is 0.457 e. The highest BCUT2D eigenvalue weighted by Crippen LogP contribution is 2.34. The van der Waals surface area contributed by atoms with Gasteiger partial charge in [0.25, 0.3) is 0 Å². The van der Waals surface area contributed by atoms with Gasteiger partial charge in [-0.1, -0.05) is 30.3 Å². The zero-order chi connectivity index (χ0) is 16.4. The summed E-state index contributed by atoms with van der Waals surface area (Å²) in [4.78, 5) is 21.9. The summed E-state index contributed by atoms with van der Waals surface area (Å²) in [7, 11) is 1.75. The minimum absolute atomic E-state index is 0.146. The molecular weight excluding hydrogens is 334 g/mol. The molecule has 0 bridgehead atoms. The number of ether oxygens (including phenoxy) is 1. The molecule has 1 N–H and O–H groups in total. The van der Waals surface area contributed by atoms with Crippen LogP contribution in [0.2, 0.25) is 5.28 Å². The van der Waals surface area contributed by atoms with Crippen LogP contribution in [0.4, 0.5) is 5.82 Å². The number of esters is 1. The standard InChI is InChI=1S/C16H14ClN3O2S/c1-9-11-13(18-2)19-16(17)20-14(11)23-12(9)15(21)22-8-10-6-4-3-5-7-10/h3-7H,8H2,1-2H3,(H,18,19,20). The van der Waals surface area contributed by atoms with Crippen LogP contribution in [0.3, 0.4) is 0 Å². The number of carbonyl (C=O) groups excluding carboxylic acids is 1. The van der Waals surface area contributed by atoms with Gasteiger partial charge >= 0.3 is 5.97 Å². The molecule has 5 nitrogen and oxygen atoms in total. The van der Waals surface area contributed by atoms with Crippen molar-refractivity contribution in [2.24, 2.45) is 0 Å². The monoisotopic (exact) mass is 347 g/mol. The summed E-state index contributed by atoms with van der Waals surface area (Å²) in [5.74, 6) is 0.239. The summed E-state index contributed by atoms with van der Waals surface area (Å²) in [5.41, 5.74) is 1.74. The Kier molecular flexibility index (Phi) is 4.45. The summed E-state index contributed by atoms with van der Waals surface area (Å²) < 4.78 is 5.40. The quantitative estimate of drug-likeness (QED) is 0.569. The minimum Gasteiger partial charge on any atom is -0.457 e. The second-order valence-electron chi connectivity index (χ2n) is 4.89. The summed E-state index contributed by atoms with van der Waals surface area (Å²) in [6, 6.07) is 9.56. The first kappa shape index (κ1) is 15.7. The Balaban J connectivity index is 1.90. The summed E-state index contributed by atoms with van der Waals surface area (Å²) in [6.45, 7) is 2.09. The van der Waals surface area contributed by atoms with E-state index >= 15 is 0 Å². The zero-order valence-corrected chi connectivity index (χ0v) is 14.2. The van der Waals surface area contributed by atoms with Crippen LogP contribution in [0.15, 0.2) is 30.3 Å². The van der Waals surface area contributed by atoms with E-state index in [0.29, 0.717) is 15.5 Å². The molecule has 0 amide bonds. The van der Waals surface area contributed by atoms with Gasteiger partial charge in [0.05, 0.1) is 5.39 Å². The second-order valence-corrected chi connectivity index (χ2v) is 6.23. The van der Waals surface area contributed by atoms with Gasteiger partial charge in [-0.15, -0.1) is 11.3 Å². The van der Waals surface area contributed by atoms with E-state index in [1.165, 1.54) is 11.3 Å². The molecule has 3 aromatic rings. The lowest BCUT2D eigenvalue weighted by Gasteiger charge is -2.04. The Morgan fingerprint density at radius 1 is 1.30 bits per heavy atom. The molecule has 118 valence electrons. The second kappa shape index (κ2) is 6.52. The Hall–Kier alpha value is -2.18. The number of carbonyl (C=O) groups is 1. The van der Waals surface area contributed by atoms with Gasteiger partial charge in [0.2, 0.25) is 5.28 Å². The number of benzene rings is 1. The molecule has 0 spiro atoms. The number of thiophene rings is 1. The number of aryl methyl sites for hydroxylation is 1. The maximum Gasteiger partial charge on any atom is 0.349 e. The van der Waals surface area contributed by atoms with Gasteiger partial charge < -0.3 is 10.1 Å². The predicted molar refractivity (Wildman–Crippen MR) is 92.3 cm³/mol. The molecule has 2 aromatic heterocycles. The van der Waals surface area contributed by atoms with Crippen LogP contribution in [-0.4, -0.2) is 23.0 Å². The molecular formula is C16H14ClN3O2S. The van der Waals surface area contributed by atoms with Crippen LogP contribution in [0, 0.1) is 6.92 Å². The fraction of sp³-hybridized carbons (Fsp3) is 0.188.